The van der Waals surface area contributed by atoms with Crippen molar-refractivity contribution in [3.63, 3.8) is 0 Å². The van der Waals surface area contributed by atoms with E-state index in [9.17, 15) is 4.79 Å². The maximum atomic E-state index is 12.2. The van der Waals surface area contributed by atoms with Crippen LogP contribution in [0.1, 0.15) is 0 Å². The van der Waals surface area contributed by atoms with Gasteiger partial charge in [-0.3, -0.25) is 4.79 Å². The Balaban J connectivity index is 1.65. The van der Waals surface area contributed by atoms with E-state index in [0.717, 1.165) is 0 Å². The third-order valence-electron chi connectivity index (χ3n) is 3.11. The molecule has 0 aliphatic carbocycles. The molecule has 114 valence electrons. The van der Waals surface area contributed by atoms with E-state index in [1.54, 1.807) is 29.4 Å². The van der Waals surface area contributed by atoms with Crippen molar-refractivity contribution in [2.24, 2.45) is 0 Å². The first-order chi connectivity index (χ1) is 10.6. The number of amides is 1. The number of fused-ring (bicyclic) bond motifs is 1. The Morgan fingerprint density at radius 2 is 1.91 bits per heavy atom. The molecule has 7 nitrogen and oxygen atoms in total. The fraction of sp³-hybridized carbons (Fsp3) is 0.267. The Hall–Kier alpha value is -2.83. The number of nitrogens with one attached hydrogen (secondary N) is 1. The standard InChI is InChI=1S/C15H16N4O3/c1-19(2)15-16-7-10(8-17-15)18-14(20)13-9-21-11-5-3-4-6-12(11)22-13/h3-8,13H,9H2,1-2H3,(H,18,20). The van der Waals surface area contributed by atoms with Crippen molar-refractivity contribution >= 4 is 17.5 Å². The zero-order valence-electron chi connectivity index (χ0n) is 12.3. The van der Waals surface area contributed by atoms with Gasteiger partial charge in [-0.25, -0.2) is 9.97 Å². The predicted molar refractivity (Wildman–Crippen MR) is 81.3 cm³/mol. The Kier molecular flexibility index (Phi) is 3.78. The third kappa shape index (κ3) is 2.93. The fourth-order valence-electron chi connectivity index (χ4n) is 1.99. The van der Waals surface area contributed by atoms with Gasteiger partial charge in [0, 0.05) is 14.1 Å². The molecule has 1 aliphatic rings. The van der Waals surface area contributed by atoms with Gasteiger partial charge in [0.2, 0.25) is 12.1 Å². The van der Waals surface area contributed by atoms with E-state index < -0.39 is 6.10 Å². The highest BCUT2D eigenvalue weighted by molar-refractivity contribution is 5.94. The van der Waals surface area contributed by atoms with Gasteiger partial charge >= 0.3 is 0 Å². The predicted octanol–water partition coefficient (Wildman–Crippen LogP) is 1.32. The van der Waals surface area contributed by atoms with E-state index in [0.29, 0.717) is 23.1 Å². The molecule has 2 heterocycles. The van der Waals surface area contributed by atoms with Gasteiger partial charge in [0.1, 0.15) is 6.61 Å². The summed E-state index contributed by atoms with van der Waals surface area (Å²) in [5.41, 5.74) is 0.512. The molecular weight excluding hydrogens is 284 g/mol. The second-order valence-corrected chi connectivity index (χ2v) is 5.02. The molecule has 1 amide bonds. The van der Waals surface area contributed by atoms with Crippen LogP contribution in [0.2, 0.25) is 0 Å². The maximum Gasteiger partial charge on any atom is 0.269 e. The molecule has 1 N–H and O–H groups in total. The van der Waals surface area contributed by atoms with Crippen LogP contribution in [-0.4, -0.2) is 42.7 Å². The summed E-state index contributed by atoms with van der Waals surface area (Å²) in [5.74, 6) is 1.48. The molecule has 0 saturated heterocycles. The molecule has 3 rings (SSSR count). The number of carbonyl (C=O) groups is 1. The Morgan fingerprint density at radius 1 is 1.23 bits per heavy atom. The molecule has 0 radical (unpaired) electrons. The van der Waals surface area contributed by atoms with Crippen molar-refractivity contribution < 1.29 is 14.3 Å². The van der Waals surface area contributed by atoms with E-state index >= 15 is 0 Å². The van der Waals surface area contributed by atoms with E-state index in [1.807, 2.05) is 26.2 Å². The molecule has 1 atom stereocenters. The second kappa shape index (κ2) is 5.88. The molecule has 0 spiro atoms. The number of nitrogens with zero attached hydrogens (tertiary/aromatic N) is 3. The van der Waals surface area contributed by atoms with E-state index in [4.69, 9.17) is 9.47 Å². The summed E-state index contributed by atoms with van der Waals surface area (Å²) in [6.45, 7) is 0.166. The van der Waals surface area contributed by atoms with Crippen molar-refractivity contribution in [1.82, 2.24) is 9.97 Å². The molecule has 7 heteroatoms. The Morgan fingerprint density at radius 3 is 2.59 bits per heavy atom. The first-order valence-corrected chi connectivity index (χ1v) is 6.82. The zero-order chi connectivity index (χ0) is 15.5. The minimum absolute atomic E-state index is 0.166. The van der Waals surface area contributed by atoms with E-state index in [2.05, 4.69) is 15.3 Å². The first kappa shape index (κ1) is 14.1. The summed E-state index contributed by atoms with van der Waals surface area (Å²) in [7, 11) is 3.69. The minimum Gasteiger partial charge on any atom is -0.485 e. The number of carbonyl (C=O) groups excluding carboxylic acids is 1. The van der Waals surface area contributed by atoms with Crippen LogP contribution in [0.4, 0.5) is 11.6 Å². The summed E-state index contributed by atoms with van der Waals surface area (Å²) in [6.07, 6.45) is 2.40. The number of para-hydroxylation sites is 2. The smallest absolute Gasteiger partial charge is 0.269 e. The van der Waals surface area contributed by atoms with Crippen LogP contribution >= 0.6 is 0 Å². The number of benzene rings is 1. The van der Waals surface area contributed by atoms with E-state index in [-0.39, 0.29) is 12.5 Å². The number of anilines is 2. The normalized spacial score (nSPS) is 16.0. The van der Waals surface area contributed by atoms with Crippen molar-refractivity contribution in [3.8, 4) is 11.5 Å². The van der Waals surface area contributed by atoms with Crippen LogP contribution in [-0.2, 0) is 4.79 Å². The van der Waals surface area contributed by atoms with Crippen LogP contribution in [0.15, 0.2) is 36.7 Å². The maximum absolute atomic E-state index is 12.2. The van der Waals surface area contributed by atoms with Gasteiger partial charge < -0.3 is 19.7 Å². The van der Waals surface area contributed by atoms with Crippen molar-refractivity contribution in [3.05, 3.63) is 36.7 Å². The lowest BCUT2D eigenvalue weighted by atomic mass is 10.2. The van der Waals surface area contributed by atoms with Crippen LogP contribution in [0.3, 0.4) is 0 Å². The van der Waals surface area contributed by atoms with Crippen molar-refractivity contribution in [2.45, 2.75) is 6.10 Å². The van der Waals surface area contributed by atoms with Crippen LogP contribution < -0.4 is 19.7 Å². The summed E-state index contributed by atoms with van der Waals surface area (Å²) in [5, 5.41) is 2.72. The number of ether oxygens (including phenoxy) is 2. The van der Waals surface area contributed by atoms with Gasteiger partial charge in [-0.05, 0) is 12.1 Å². The largest absolute Gasteiger partial charge is 0.485 e. The molecule has 1 aromatic carbocycles. The number of hydrogen-bond acceptors (Lipinski definition) is 6. The lowest BCUT2D eigenvalue weighted by Crippen LogP contribution is -2.40. The Bertz CT molecular complexity index is 673. The monoisotopic (exact) mass is 300 g/mol. The lowest BCUT2D eigenvalue weighted by Gasteiger charge is -2.25. The van der Waals surface area contributed by atoms with Crippen LogP contribution in [0.25, 0.3) is 0 Å². The molecule has 22 heavy (non-hydrogen) atoms. The molecule has 0 bridgehead atoms. The lowest BCUT2D eigenvalue weighted by molar-refractivity contribution is -0.125. The summed E-state index contributed by atoms with van der Waals surface area (Å²) >= 11 is 0. The van der Waals surface area contributed by atoms with Crippen LogP contribution in [0, 0.1) is 0 Å². The van der Waals surface area contributed by atoms with Crippen LogP contribution in [0.5, 0.6) is 11.5 Å². The molecule has 0 fully saturated rings. The number of hydrogen-bond donors (Lipinski definition) is 1. The van der Waals surface area contributed by atoms with Crippen molar-refractivity contribution in [1.29, 1.82) is 0 Å². The molecule has 0 saturated carbocycles. The highest BCUT2D eigenvalue weighted by Gasteiger charge is 2.27. The van der Waals surface area contributed by atoms with Crippen molar-refractivity contribution in [2.75, 3.05) is 30.9 Å². The van der Waals surface area contributed by atoms with E-state index in [1.165, 1.54) is 0 Å². The SMILES string of the molecule is CN(C)c1ncc(NC(=O)C2COc3ccccc3O2)cn1. The van der Waals surface area contributed by atoms with Gasteiger partial charge in [0.15, 0.2) is 11.5 Å². The Labute approximate surface area is 127 Å². The quantitative estimate of drug-likeness (QED) is 0.921. The minimum atomic E-state index is -0.705. The van der Waals surface area contributed by atoms with Gasteiger partial charge in [-0.1, -0.05) is 12.1 Å². The van der Waals surface area contributed by atoms with Gasteiger partial charge in [-0.15, -0.1) is 0 Å². The first-order valence-electron chi connectivity index (χ1n) is 6.82. The molecule has 2 aromatic rings. The molecule has 1 aromatic heterocycles. The summed E-state index contributed by atoms with van der Waals surface area (Å²) < 4.78 is 11.2. The number of aromatic nitrogens is 2. The zero-order valence-corrected chi connectivity index (χ0v) is 12.3. The van der Waals surface area contributed by atoms with Gasteiger partial charge in [0.25, 0.3) is 5.91 Å². The summed E-state index contributed by atoms with van der Waals surface area (Å²) in [4.78, 5) is 22.3. The third-order valence-corrected chi connectivity index (χ3v) is 3.11. The molecular formula is C15H16N4O3. The number of rotatable bonds is 3. The highest BCUT2D eigenvalue weighted by Crippen LogP contribution is 2.31. The second-order valence-electron chi connectivity index (χ2n) is 5.02. The summed E-state index contributed by atoms with van der Waals surface area (Å²) in [6, 6.07) is 7.25. The average Bonchev–Trinajstić information content (AvgIpc) is 2.55. The topological polar surface area (TPSA) is 76.6 Å². The highest BCUT2D eigenvalue weighted by atomic mass is 16.6. The molecule has 1 unspecified atom stereocenters. The van der Waals surface area contributed by atoms with Gasteiger partial charge in [0.05, 0.1) is 18.1 Å². The van der Waals surface area contributed by atoms with Gasteiger partial charge in [-0.2, -0.15) is 0 Å². The molecule has 1 aliphatic heterocycles. The fourth-order valence-corrected chi connectivity index (χ4v) is 1.99. The average molecular weight is 300 g/mol.